The van der Waals surface area contributed by atoms with Crippen molar-refractivity contribution in [3.8, 4) is 0 Å². The number of thioether (sulfide) groups is 1. The number of likely N-dealkylation sites (tertiary alicyclic amines) is 1. The fourth-order valence-electron chi connectivity index (χ4n) is 3.58. The fraction of sp³-hybridized carbons (Fsp3) is 0.526. The maximum atomic E-state index is 12.9. The highest BCUT2D eigenvalue weighted by atomic mass is 32.2. The summed E-state index contributed by atoms with van der Waals surface area (Å²) in [6.45, 7) is 4.44. The number of benzene rings is 1. The van der Waals surface area contributed by atoms with Gasteiger partial charge in [0.2, 0.25) is 0 Å². The minimum Gasteiger partial charge on any atom is -0.367 e. The molecule has 6 nitrogen and oxygen atoms in total. The van der Waals surface area contributed by atoms with E-state index in [0.717, 1.165) is 49.0 Å². The van der Waals surface area contributed by atoms with Crippen molar-refractivity contribution in [2.75, 3.05) is 26.5 Å². The Morgan fingerprint density at radius 3 is 2.54 bits per heavy atom. The minimum atomic E-state index is -0.532. The van der Waals surface area contributed by atoms with Crippen LogP contribution in [-0.4, -0.2) is 52.0 Å². The number of rotatable bonds is 6. The maximum Gasteiger partial charge on any atom is 0.256 e. The average Bonchev–Trinajstić information content (AvgIpc) is 3.12. The molecule has 1 aromatic carbocycles. The summed E-state index contributed by atoms with van der Waals surface area (Å²) in [6, 6.07) is 9.68. The van der Waals surface area contributed by atoms with Gasteiger partial charge in [0, 0.05) is 32.7 Å². The predicted octanol–water partition coefficient (Wildman–Crippen LogP) is 3.11. The van der Waals surface area contributed by atoms with Crippen molar-refractivity contribution in [1.29, 1.82) is 0 Å². The average molecular weight is 375 g/mol. The SMILES string of the molecule is CCn1c(SC)nnc1C1CCN(C(=O)[C@@H](OC)c2ccccc2)CC1. The summed E-state index contributed by atoms with van der Waals surface area (Å²) in [7, 11) is 1.59. The number of aromatic nitrogens is 3. The first-order chi connectivity index (χ1) is 12.7. The number of piperidine rings is 1. The van der Waals surface area contributed by atoms with Crippen LogP contribution in [0.1, 0.15) is 43.2 Å². The third-order valence-electron chi connectivity index (χ3n) is 4.98. The summed E-state index contributed by atoms with van der Waals surface area (Å²) in [5.41, 5.74) is 0.900. The van der Waals surface area contributed by atoms with E-state index in [0.29, 0.717) is 5.92 Å². The van der Waals surface area contributed by atoms with E-state index in [1.54, 1.807) is 18.9 Å². The minimum absolute atomic E-state index is 0.0407. The van der Waals surface area contributed by atoms with Gasteiger partial charge in [-0.05, 0) is 31.6 Å². The standard InChI is InChI=1S/C19H26N4O2S/c1-4-23-17(20-21-19(23)26-3)15-10-12-22(13-11-15)18(24)16(25-2)14-8-6-5-7-9-14/h5-9,15-16H,4,10-13H2,1-3H3/t16-/m0/s1. The molecule has 1 aromatic heterocycles. The Bertz CT molecular complexity index is 726. The van der Waals surface area contributed by atoms with Gasteiger partial charge in [-0.2, -0.15) is 0 Å². The van der Waals surface area contributed by atoms with Gasteiger partial charge in [-0.25, -0.2) is 0 Å². The lowest BCUT2D eigenvalue weighted by molar-refractivity contribution is -0.143. The molecule has 1 atom stereocenters. The van der Waals surface area contributed by atoms with Gasteiger partial charge in [-0.1, -0.05) is 42.1 Å². The largest absolute Gasteiger partial charge is 0.367 e. The van der Waals surface area contributed by atoms with Crippen molar-refractivity contribution in [2.24, 2.45) is 0 Å². The van der Waals surface area contributed by atoms with Gasteiger partial charge >= 0.3 is 0 Å². The van der Waals surface area contributed by atoms with Crippen LogP contribution in [-0.2, 0) is 16.1 Å². The molecule has 1 amide bonds. The van der Waals surface area contributed by atoms with E-state index in [-0.39, 0.29) is 5.91 Å². The van der Waals surface area contributed by atoms with Gasteiger partial charge in [0.15, 0.2) is 11.3 Å². The van der Waals surface area contributed by atoms with Crippen molar-refractivity contribution in [1.82, 2.24) is 19.7 Å². The van der Waals surface area contributed by atoms with E-state index in [1.165, 1.54) is 0 Å². The molecule has 0 saturated carbocycles. The van der Waals surface area contributed by atoms with Crippen molar-refractivity contribution in [2.45, 2.75) is 43.5 Å². The lowest BCUT2D eigenvalue weighted by Crippen LogP contribution is -2.41. The summed E-state index contributed by atoms with van der Waals surface area (Å²) < 4.78 is 7.69. The van der Waals surface area contributed by atoms with Gasteiger partial charge in [0.25, 0.3) is 5.91 Å². The van der Waals surface area contributed by atoms with E-state index >= 15 is 0 Å². The Balaban J connectivity index is 1.66. The van der Waals surface area contributed by atoms with Crippen LogP contribution in [0, 0.1) is 0 Å². The summed E-state index contributed by atoms with van der Waals surface area (Å²) in [5.74, 6) is 1.44. The van der Waals surface area contributed by atoms with Crippen LogP contribution >= 0.6 is 11.8 Å². The van der Waals surface area contributed by atoms with Crippen LogP contribution in [0.3, 0.4) is 0 Å². The van der Waals surface area contributed by atoms with Gasteiger partial charge in [-0.3, -0.25) is 4.79 Å². The topological polar surface area (TPSA) is 60.2 Å². The first-order valence-electron chi connectivity index (χ1n) is 9.03. The summed E-state index contributed by atoms with van der Waals surface area (Å²) >= 11 is 1.62. The molecule has 0 N–H and O–H groups in total. The van der Waals surface area contributed by atoms with Gasteiger partial charge in [-0.15, -0.1) is 10.2 Å². The van der Waals surface area contributed by atoms with Crippen LogP contribution in [0.25, 0.3) is 0 Å². The molecule has 7 heteroatoms. The van der Waals surface area contributed by atoms with Crippen LogP contribution < -0.4 is 0 Å². The summed E-state index contributed by atoms with van der Waals surface area (Å²) in [6.07, 6.45) is 3.30. The molecule has 1 fully saturated rings. The third kappa shape index (κ3) is 3.78. The van der Waals surface area contributed by atoms with E-state index in [2.05, 4.69) is 21.7 Å². The Kier molecular flexibility index (Phi) is 6.32. The highest BCUT2D eigenvalue weighted by Gasteiger charge is 2.31. The maximum absolute atomic E-state index is 12.9. The van der Waals surface area contributed by atoms with Gasteiger partial charge in [0.1, 0.15) is 5.82 Å². The molecule has 1 saturated heterocycles. The lowest BCUT2D eigenvalue weighted by Gasteiger charge is -2.33. The molecule has 1 aliphatic heterocycles. The van der Waals surface area contributed by atoms with Crippen LogP contribution in [0.2, 0.25) is 0 Å². The number of nitrogens with zero attached hydrogens (tertiary/aromatic N) is 4. The van der Waals surface area contributed by atoms with E-state index in [9.17, 15) is 4.79 Å². The number of carbonyl (C=O) groups excluding carboxylic acids is 1. The highest BCUT2D eigenvalue weighted by Crippen LogP contribution is 2.30. The predicted molar refractivity (Wildman–Crippen MR) is 102 cm³/mol. The molecule has 0 bridgehead atoms. The van der Waals surface area contributed by atoms with Crippen LogP contribution in [0.4, 0.5) is 0 Å². The van der Waals surface area contributed by atoms with Crippen molar-refractivity contribution >= 4 is 17.7 Å². The molecular formula is C19H26N4O2S. The Hall–Kier alpha value is -1.86. The zero-order valence-electron chi connectivity index (χ0n) is 15.6. The third-order valence-corrected chi connectivity index (χ3v) is 5.65. The second kappa shape index (κ2) is 8.68. The fourth-order valence-corrected chi connectivity index (χ4v) is 4.15. The lowest BCUT2D eigenvalue weighted by atomic mass is 9.95. The number of hydrogen-bond donors (Lipinski definition) is 0. The summed E-state index contributed by atoms with van der Waals surface area (Å²) in [5, 5.41) is 9.67. The zero-order valence-corrected chi connectivity index (χ0v) is 16.4. The Morgan fingerprint density at radius 1 is 1.27 bits per heavy atom. The normalized spacial score (nSPS) is 16.7. The molecule has 0 spiro atoms. The second-order valence-corrected chi connectivity index (χ2v) is 7.19. The highest BCUT2D eigenvalue weighted by molar-refractivity contribution is 7.98. The molecule has 1 aliphatic rings. The number of hydrogen-bond acceptors (Lipinski definition) is 5. The Morgan fingerprint density at radius 2 is 1.96 bits per heavy atom. The molecular weight excluding hydrogens is 348 g/mol. The smallest absolute Gasteiger partial charge is 0.256 e. The number of ether oxygens (including phenoxy) is 1. The van der Waals surface area contributed by atoms with Crippen molar-refractivity contribution < 1.29 is 9.53 Å². The van der Waals surface area contributed by atoms with Gasteiger partial charge in [0.05, 0.1) is 0 Å². The van der Waals surface area contributed by atoms with E-state index in [1.807, 2.05) is 41.5 Å². The molecule has 0 aliphatic carbocycles. The van der Waals surface area contributed by atoms with Gasteiger partial charge < -0.3 is 14.2 Å². The molecule has 140 valence electrons. The number of methoxy groups -OCH3 is 1. The summed E-state index contributed by atoms with van der Waals surface area (Å²) in [4.78, 5) is 14.8. The van der Waals surface area contributed by atoms with Crippen molar-refractivity contribution in [3.05, 3.63) is 41.7 Å². The number of amides is 1. The molecule has 0 unspecified atom stereocenters. The molecule has 3 rings (SSSR count). The van der Waals surface area contributed by atoms with E-state index in [4.69, 9.17) is 4.74 Å². The van der Waals surface area contributed by atoms with Crippen molar-refractivity contribution in [3.63, 3.8) is 0 Å². The molecule has 26 heavy (non-hydrogen) atoms. The zero-order chi connectivity index (χ0) is 18.5. The molecule has 0 radical (unpaired) electrons. The van der Waals surface area contributed by atoms with E-state index < -0.39 is 6.10 Å². The first-order valence-corrected chi connectivity index (χ1v) is 10.3. The van der Waals surface area contributed by atoms with Crippen LogP contribution in [0.15, 0.2) is 35.5 Å². The Labute approximate surface area is 158 Å². The monoisotopic (exact) mass is 374 g/mol. The quantitative estimate of drug-likeness (QED) is 0.727. The molecule has 2 heterocycles. The number of carbonyl (C=O) groups is 1. The van der Waals surface area contributed by atoms with Crippen LogP contribution in [0.5, 0.6) is 0 Å². The first kappa shape index (κ1) is 18.9. The molecule has 2 aromatic rings. The second-order valence-electron chi connectivity index (χ2n) is 6.42.